The van der Waals surface area contributed by atoms with E-state index in [0.29, 0.717) is 0 Å². The van der Waals surface area contributed by atoms with Gasteiger partial charge in [-0.25, -0.2) is 18.6 Å². The highest BCUT2D eigenvalue weighted by Gasteiger charge is 2.22. The second-order valence-corrected chi connectivity index (χ2v) is 3.42. The lowest BCUT2D eigenvalue weighted by Gasteiger charge is -2.09. The van der Waals surface area contributed by atoms with Gasteiger partial charge >= 0.3 is 5.97 Å². The fourth-order valence-electron chi connectivity index (χ4n) is 1.14. The van der Waals surface area contributed by atoms with E-state index in [-0.39, 0.29) is 22.9 Å². The number of carbonyl (C=O) groups is 1. The van der Waals surface area contributed by atoms with Crippen molar-refractivity contribution in [3.63, 3.8) is 0 Å². The number of rotatable bonds is 3. The summed E-state index contributed by atoms with van der Waals surface area (Å²) in [6, 6.07) is 1.16. The van der Waals surface area contributed by atoms with E-state index in [9.17, 15) is 13.6 Å². The second kappa shape index (κ2) is 5.21. The molecule has 0 radical (unpaired) electrons. The van der Waals surface area contributed by atoms with Crippen LogP contribution in [-0.2, 0) is 4.74 Å². The number of ether oxygens (including phenoxy) is 1. The zero-order valence-electron chi connectivity index (χ0n) is 8.76. The molecule has 0 unspecified atom stereocenters. The summed E-state index contributed by atoms with van der Waals surface area (Å²) in [7, 11) is 0. The van der Waals surface area contributed by atoms with Gasteiger partial charge in [-0.15, -0.1) is 0 Å². The van der Waals surface area contributed by atoms with Crippen LogP contribution in [0.3, 0.4) is 0 Å². The van der Waals surface area contributed by atoms with Gasteiger partial charge in [-0.3, -0.25) is 0 Å². The molecule has 6 heteroatoms. The molecule has 16 heavy (non-hydrogen) atoms. The number of alkyl halides is 2. The second-order valence-electron chi connectivity index (χ2n) is 3.01. The largest absolute Gasteiger partial charge is 0.462 e. The maximum Gasteiger partial charge on any atom is 0.340 e. The number of hydrogen-bond donors (Lipinski definition) is 0. The first-order valence-electron chi connectivity index (χ1n) is 4.59. The molecule has 0 bridgehead atoms. The molecule has 0 saturated carbocycles. The van der Waals surface area contributed by atoms with Crippen LogP contribution in [0.4, 0.5) is 8.78 Å². The van der Waals surface area contributed by atoms with Gasteiger partial charge in [0, 0.05) is 0 Å². The summed E-state index contributed by atoms with van der Waals surface area (Å²) in [5, 5.41) is 0.160. The van der Waals surface area contributed by atoms with Crippen molar-refractivity contribution in [3.05, 3.63) is 28.0 Å². The Morgan fingerprint density at radius 2 is 2.25 bits per heavy atom. The van der Waals surface area contributed by atoms with Crippen LogP contribution in [-0.4, -0.2) is 17.6 Å². The molecule has 88 valence electrons. The lowest BCUT2D eigenvalue weighted by molar-refractivity contribution is 0.0513. The highest BCUT2D eigenvalue weighted by Crippen LogP contribution is 2.26. The first-order chi connectivity index (χ1) is 7.47. The third kappa shape index (κ3) is 2.66. The quantitative estimate of drug-likeness (QED) is 0.773. The SMILES string of the molecule is CCOC(=O)c1cc(Cl)c(C)nc1C(F)F. The summed E-state index contributed by atoms with van der Waals surface area (Å²) in [5.41, 5.74) is -0.627. The molecule has 1 aromatic rings. The van der Waals surface area contributed by atoms with Gasteiger partial charge in [0.05, 0.1) is 22.9 Å². The number of aromatic nitrogens is 1. The average molecular weight is 250 g/mol. The molecule has 0 fully saturated rings. The minimum absolute atomic E-state index is 0.104. The molecule has 0 aromatic carbocycles. The average Bonchev–Trinajstić information content (AvgIpc) is 2.21. The van der Waals surface area contributed by atoms with Gasteiger partial charge in [0.2, 0.25) is 0 Å². The van der Waals surface area contributed by atoms with E-state index in [0.717, 1.165) is 6.07 Å². The standard InChI is InChI=1S/C10H10ClF2NO2/c1-3-16-10(15)6-4-7(11)5(2)14-8(6)9(12)13/h4,9H,3H2,1-2H3. The smallest absolute Gasteiger partial charge is 0.340 e. The van der Waals surface area contributed by atoms with Crippen LogP contribution in [0, 0.1) is 6.92 Å². The normalized spacial score (nSPS) is 10.6. The molecule has 0 aliphatic rings. The van der Waals surface area contributed by atoms with Crippen LogP contribution in [0.2, 0.25) is 5.02 Å². The lowest BCUT2D eigenvalue weighted by Crippen LogP contribution is -2.11. The molecule has 0 atom stereocenters. The Hall–Kier alpha value is -1.23. The van der Waals surface area contributed by atoms with Crippen molar-refractivity contribution in [1.82, 2.24) is 4.98 Å². The van der Waals surface area contributed by atoms with Crippen LogP contribution in [0.15, 0.2) is 6.07 Å². The monoisotopic (exact) mass is 249 g/mol. The van der Waals surface area contributed by atoms with Gasteiger partial charge in [0.25, 0.3) is 6.43 Å². The van der Waals surface area contributed by atoms with E-state index in [1.54, 1.807) is 6.92 Å². The molecule has 0 aliphatic carbocycles. The summed E-state index contributed by atoms with van der Waals surface area (Å²) >= 11 is 5.72. The number of hydrogen-bond acceptors (Lipinski definition) is 3. The zero-order chi connectivity index (χ0) is 12.3. The molecule has 0 N–H and O–H groups in total. The molecule has 1 rings (SSSR count). The number of halogens is 3. The molecule has 3 nitrogen and oxygen atoms in total. The maximum absolute atomic E-state index is 12.6. The third-order valence-corrected chi connectivity index (χ3v) is 2.27. The zero-order valence-corrected chi connectivity index (χ0v) is 9.52. The number of aryl methyl sites for hydroxylation is 1. The van der Waals surface area contributed by atoms with Gasteiger partial charge in [-0.1, -0.05) is 11.6 Å². The van der Waals surface area contributed by atoms with Crippen LogP contribution >= 0.6 is 11.6 Å². The fourth-order valence-corrected chi connectivity index (χ4v) is 1.29. The summed E-state index contributed by atoms with van der Waals surface area (Å²) in [5.74, 6) is -0.841. The highest BCUT2D eigenvalue weighted by molar-refractivity contribution is 6.31. The van der Waals surface area contributed by atoms with E-state index < -0.39 is 18.1 Å². The van der Waals surface area contributed by atoms with Gasteiger partial charge in [0.15, 0.2) is 0 Å². The van der Waals surface area contributed by atoms with Crippen molar-refractivity contribution in [2.24, 2.45) is 0 Å². The van der Waals surface area contributed by atoms with Gasteiger partial charge in [-0.2, -0.15) is 0 Å². The summed E-state index contributed by atoms with van der Waals surface area (Å²) in [6.45, 7) is 3.18. The summed E-state index contributed by atoms with van der Waals surface area (Å²) in [4.78, 5) is 15.0. The molecule has 0 amide bonds. The predicted octanol–water partition coefficient (Wildman–Crippen LogP) is 3.16. The Balaban J connectivity index is 3.24. The van der Waals surface area contributed by atoms with Gasteiger partial charge < -0.3 is 4.74 Å². The van der Waals surface area contributed by atoms with Crippen LogP contribution in [0.25, 0.3) is 0 Å². The van der Waals surface area contributed by atoms with Crippen LogP contribution in [0.1, 0.15) is 35.1 Å². The number of esters is 1. The van der Waals surface area contributed by atoms with E-state index in [2.05, 4.69) is 9.72 Å². The molecular formula is C10H10ClF2NO2. The number of pyridine rings is 1. The maximum atomic E-state index is 12.6. The Bertz CT molecular complexity index is 410. The van der Waals surface area contributed by atoms with Crippen molar-refractivity contribution in [3.8, 4) is 0 Å². The molecule has 0 aliphatic heterocycles. The van der Waals surface area contributed by atoms with Crippen LogP contribution in [0.5, 0.6) is 0 Å². The predicted molar refractivity (Wildman–Crippen MR) is 54.9 cm³/mol. The topological polar surface area (TPSA) is 39.2 Å². The first kappa shape index (κ1) is 12.8. The molecule has 0 saturated heterocycles. The fraction of sp³-hybridized carbons (Fsp3) is 0.400. The van der Waals surface area contributed by atoms with Crippen molar-refractivity contribution in [2.75, 3.05) is 6.61 Å². The Morgan fingerprint density at radius 1 is 1.62 bits per heavy atom. The van der Waals surface area contributed by atoms with E-state index >= 15 is 0 Å². The number of nitrogens with zero attached hydrogens (tertiary/aromatic N) is 1. The van der Waals surface area contributed by atoms with Crippen molar-refractivity contribution in [1.29, 1.82) is 0 Å². The van der Waals surface area contributed by atoms with Crippen molar-refractivity contribution < 1.29 is 18.3 Å². The van der Waals surface area contributed by atoms with E-state index in [1.165, 1.54) is 6.92 Å². The first-order valence-corrected chi connectivity index (χ1v) is 4.97. The number of carbonyl (C=O) groups excluding carboxylic acids is 1. The summed E-state index contributed by atoms with van der Waals surface area (Å²) < 4.78 is 29.9. The Labute approximate surface area is 96.4 Å². The van der Waals surface area contributed by atoms with Crippen molar-refractivity contribution >= 4 is 17.6 Å². The van der Waals surface area contributed by atoms with Gasteiger partial charge in [0.1, 0.15) is 5.69 Å². The molecule has 1 heterocycles. The Morgan fingerprint density at radius 3 is 2.75 bits per heavy atom. The lowest BCUT2D eigenvalue weighted by atomic mass is 10.2. The van der Waals surface area contributed by atoms with E-state index in [4.69, 9.17) is 11.6 Å². The van der Waals surface area contributed by atoms with Gasteiger partial charge in [-0.05, 0) is 19.9 Å². The highest BCUT2D eigenvalue weighted by atomic mass is 35.5. The minimum Gasteiger partial charge on any atom is -0.462 e. The van der Waals surface area contributed by atoms with Crippen molar-refractivity contribution in [2.45, 2.75) is 20.3 Å². The summed E-state index contributed by atoms with van der Waals surface area (Å²) in [6.07, 6.45) is -2.84. The van der Waals surface area contributed by atoms with E-state index in [1.807, 2.05) is 0 Å². The third-order valence-electron chi connectivity index (χ3n) is 1.88. The van der Waals surface area contributed by atoms with Crippen LogP contribution < -0.4 is 0 Å². The molecule has 1 aromatic heterocycles. The molecular weight excluding hydrogens is 240 g/mol. The minimum atomic E-state index is -2.84. The molecule has 0 spiro atoms. The Kier molecular flexibility index (Phi) is 4.18.